The van der Waals surface area contributed by atoms with Gasteiger partial charge in [0.15, 0.2) is 5.65 Å². The fourth-order valence-corrected chi connectivity index (χ4v) is 3.55. The maximum Gasteiger partial charge on any atom is 0.319 e. The maximum absolute atomic E-state index is 12.1. The number of aromatic nitrogens is 4. The van der Waals surface area contributed by atoms with Crippen LogP contribution in [0.2, 0.25) is 5.02 Å². The van der Waals surface area contributed by atoms with E-state index in [9.17, 15) is 4.79 Å². The Kier molecular flexibility index (Phi) is 5.55. The summed E-state index contributed by atoms with van der Waals surface area (Å²) < 4.78 is 6.83. The van der Waals surface area contributed by atoms with Crippen molar-refractivity contribution >= 4 is 40.4 Å². The van der Waals surface area contributed by atoms with E-state index in [-0.39, 0.29) is 11.2 Å². The van der Waals surface area contributed by atoms with E-state index in [4.69, 9.17) is 16.3 Å². The minimum atomic E-state index is -0.312. The number of fused-ring (bicyclic) bond motifs is 1. The van der Waals surface area contributed by atoms with Crippen molar-refractivity contribution in [3.05, 3.63) is 41.8 Å². The summed E-state index contributed by atoms with van der Waals surface area (Å²) in [6, 6.07) is 7.38. The van der Waals surface area contributed by atoms with E-state index in [1.807, 2.05) is 25.1 Å². The Morgan fingerprint density at radius 1 is 1.36 bits per heavy atom. The number of esters is 1. The smallest absolute Gasteiger partial charge is 0.319 e. The third kappa shape index (κ3) is 3.77. The molecule has 25 heavy (non-hydrogen) atoms. The number of nitrogens with zero attached hydrogens (tertiary/aromatic N) is 4. The molecule has 130 valence electrons. The standard InChI is InChI=1S/C17H17ClN4O2S/c1-3-14(17(23)24-4-2)25-16-13-9-21-22(15(13)19-10-20-16)12-7-5-6-11(18)8-12/h5-10,14H,3-4H2,1-2H3/t14-/m1/s1. The summed E-state index contributed by atoms with van der Waals surface area (Å²) >= 11 is 7.44. The lowest BCUT2D eigenvalue weighted by Crippen LogP contribution is -2.19. The summed E-state index contributed by atoms with van der Waals surface area (Å²) in [5, 5.41) is 6.21. The fourth-order valence-electron chi connectivity index (χ4n) is 2.38. The van der Waals surface area contributed by atoms with Crippen LogP contribution in [-0.2, 0) is 9.53 Å². The molecule has 6 nitrogen and oxygen atoms in total. The number of hydrogen-bond donors (Lipinski definition) is 0. The predicted molar refractivity (Wildman–Crippen MR) is 98.2 cm³/mol. The third-order valence-electron chi connectivity index (χ3n) is 3.56. The summed E-state index contributed by atoms with van der Waals surface area (Å²) in [4.78, 5) is 20.7. The van der Waals surface area contributed by atoms with Crippen LogP contribution >= 0.6 is 23.4 Å². The molecule has 8 heteroatoms. The number of benzene rings is 1. The number of halogens is 1. The number of rotatable bonds is 6. The Balaban J connectivity index is 1.97. The highest BCUT2D eigenvalue weighted by atomic mass is 35.5. The van der Waals surface area contributed by atoms with Gasteiger partial charge in [0, 0.05) is 5.02 Å². The average molecular weight is 377 g/mol. The van der Waals surface area contributed by atoms with Gasteiger partial charge in [0.05, 0.1) is 23.9 Å². The quantitative estimate of drug-likeness (QED) is 0.369. The normalized spacial score (nSPS) is 12.3. The van der Waals surface area contributed by atoms with Crippen molar-refractivity contribution in [2.75, 3.05) is 6.61 Å². The molecule has 3 aromatic rings. The van der Waals surface area contributed by atoms with Crippen LogP contribution in [0.3, 0.4) is 0 Å². The van der Waals surface area contributed by atoms with Crippen molar-refractivity contribution in [1.82, 2.24) is 19.7 Å². The minimum absolute atomic E-state index is 0.232. The van der Waals surface area contributed by atoms with E-state index < -0.39 is 0 Å². The molecule has 3 rings (SSSR count). The zero-order chi connectivity index (χ0) is 17.8. The van der Waals surface area contributed by atoms with Crippen LogP contribution in [0, 0.1) is 0 Å². The summed E-state index contributed by atoms with van der Waals surface area (Å²) in [5.41, 5.74) is 1.48. The highest BCUT2D eigenvalue weighted by molar-refractivity contribution is 8.00. The first-order valence-electron chi connectivity index (χ1n) is 7.92. The summed E-state index contributed by atoms with van der Waals surface area (Å²) in [5.74, 6) is -0.232. The van der Waals surface area contributed by atoms with Crippen LogP contribution in [0.5, 0.6) is 0 Å². The van der Waals surface area contributed by atoms with Crippen molar-refractivity contribution < 1.29 is 9.53 Å². The van der Waals surface area contributed by atoms with Crippen molar-refractivity contribution in [2.24, 2.45) is 0 Å². The zero-order valence-corrected chi connectivity index (χ0v) is 15.4. The summed E-state index contributed by atoms with van der Waals surface area (Å²) in [6.45, 7) is 4.11. The second kappa shape index (κ2) is 7.84. The van der Waals surface area contributed by atoms with E-state index in [1.54, 1.807) is 23.9 Å². The van der Waals surface area contributed by atoms with Crippen LogP contribution in [0.15, 0.2) is 41.8 Å². The summed E-state index contributed by atoms with van der Waals surface area (Å²) in [6.07, 6.45) is 3.83. The van der Waals surface area contributed by atoms with E-state index >= 15 is 0 Å². The molecule has 0 aliphatic heterocycles. The molecule has 2 heterocycles. The number of carbonyl (C=O) groups is 1. The fraction of sp³-hybridized carbons (Fsp3) is 0.294. The van der Waals surface area contributed by atoms with Crippen molar-refractivity contribution in [3.8, 4) is 5.69 Å². The molecule has 2 aromatic heterocycles. The van der Waals surface area contributed by atoms with Crippen LogP contribution < -0.4 is 0 Å². The van der Waals surface area contributed by atoms with Gasteiger partial charge < -0.3 is 4.74 Å². The lowest BCUT2D eigenvalue weighted by Gasteiger charge is -2.12. The third-order valence-corrected chi connectivity index (χ3v) is 5.15. The van der Waals surface area contributed by atoms with Gasteiger partial charge in [0.1, 0.15) is 16.6 Å². The molecular formula is C17H17ClN4O2S. The molecule has 0 saturated heterocycles. The first-order chi connectivity index (χ1) is 12.1. The van der Waals surface area contributed by atoms with Gasteiger partial charge in [-0.3, -0.25) is 4.79 Å². The van der Waals surface area contributed by atoms with Gasteiger partial charge in [-0.1, -0.05) is 36.4 Å². The molecule has 0 saturated carbocycles. The van der Waals surface area contributed by atoms with Crippen LogP contribution in [0.25, 0.3) is 16.7 Å². The maximum atomic E-state index is 12.1. The lowest BCUT2D eigenvalue weighted by molar-refractivity contribution is -0.142. The average Bonchev–Trinajstić information content (AvgIpc) is 3.04. The molecule has 0 unspecified atom stereocenters. The molecule has 1 atom stereocenters. The molecule has 0 aliphatic rings. The van der Waals surface area contributed by atoms with E-state index in [0.717, 1.165) is 11.1 Å². The Morgan fingerprint density at radius 2 is 2.20 bits per heavy atom. The van der Waals surface area contributed by atoms with Gasteiger partial charge in [-0.25, -0.2) is 14.6 Å². The number of hydrogen-bond acceptors (Lipinski definition) is 6. The molecule has 1 aromatic carbocycles. The number of carbonyl (C=O) groups excluding carboxylic acids is 1. The zero-order valence-electron chi connectivity index (χ0n) is 13.8. The topological polar surface area (TPSA) is 69.9 Å². The van der Waals surface area contributed by atoms with Gasteiger partial charge in [-0.05, 0) is 31.5 Å². The number of ether oxygens (including phenoxy) is 1. The highest BCUT2D eigenvalue weighted by Crippen LogP contribution is 2.31. The molecule has 0 aliphatic carbocycles. The first kappa shape index (κ1) is 17.7. The second-order valence-corrected chi connectivity index (χ2v) is 6.85. The van der Waals surface area contributed by atoms with E-state index in [2.05, 4.69) is 15.1 Å². The van der Waals surface area contributed by atoms with Crippen LogP contribution in [0.4, 0.5) is 0 Å². The molecular weight excluding hydrogens is 360 g/mol. The van der Waals surface area contributed by atoms with Gasteiger partial charge in [-0.2, -0.15) is 5.10 Å². The van der Waals surface area contributed by atoms with Crippen LogP contribution in [-0.4, -0.2) is 37.6 Å². The molecule has 0 spiro atoms. The van der Waals surface area contributed by atoms with Crippen molar-refractivity contribution in [1.29, 1.82) is 0 Å². The summed E-state index contributed by atoms with van der Waals surface area (Å²) in [7, 11) is 0. The Bertz CT molecular complexity index is 899. The highest BCUT2D eigenvalue weighted by Gasteiger charge is 2.22. The Hall–Kier alpha value is -2.12. The molecule has 0 fully saturated rings. The van der Waals surface area contributed by atoms with Gasteiger partial charge in [0.25, 0.3) is 0 Å². The van der Waals surface area contributed by atoms with E-state index in [1.165, 1.54) is 18.1 Å². The van der Waals surface area contributed by atoms with Gasteiger partial charge in [0.2, 0.25) is 0 Å². The van der Waals surface area contributed by atoms with Crippen molar-refractivity contribution in [3.63, 3.8) is 0 Å². The van der Waals surface area contributed by atoms with E-state index in [0.29, 0.717) is 28.7 Å². The Morgan fingerprint density at radius 3 is 2.92 bits per heavy atom. The second-order valence-electron chi connectivity index (χ2n) is 5.22. The van der Waals surface area contributed by atoms with Gasteiger partial charge >= 0.3 is 5.97 Å². The van der Waals surface area contributed by atoms with Gasteiger partial charge in [-0.15, -0.1) is 0 Å². The molecule has 0 bridgehead atoms. The molecule has 0 amide bonds. The SMILES string of the molecule is CCOC(=O)[C@@H](CC)Sc1ncnc2c1cnn2-c1cccc(Cl)c1. The predicted octanol–water partition coefficient (Wildman–Crippen LogP) is 3.90. The lowest BCUT2D eigenvalue weighted by atomic mass is 10.3. The Labute approximate surface area is 154 Å². The first-order valence-corrected chi connectivity index (χ1v) is 9.17. The van der Waals surface area contributed by atoms with Crippen molar-refractivity contribution in [2.45, 2.75) is 30.5 Å². The molecule has 0 N–H and O–H groups in total. The minimum Gasteiger partial charge on any atom is -0.465 e. The molecule has 0 radical (unpaired) electrons. The number of thioether (sulfide) groups is 1. The largest absolute Gasteiger partial charge is 0.465 e. The monoisotopic (exact) mass is 376 g/mol. The van der Waals surface area contributed by atoms with Crippen LogP contribution in [0.1, 0.15) is 20.3 Å².